The summed E-state index contributed by atoms with van der Waals surface area (Å²) in [4.78, 5) is 10.8. The normalized spacial score (nSPS) is 11.6. The maximum atomic E-state index is 12.0. The van der Waals surface area contributed by atoms with E-state index in [2.05, 4.69) is 4.72 Å². The molecule has 5 nitrogen and oxygen atoms in total. The van der Waals surface area contributed by atoms with Crippen LogP contribution in [0.5, 0.6) is 0 Å². The summed E-state index contributed by atoms with van der Waals surface area (Å²) in [5, 5.41) is 1.43. The number of nitrogens with two attached hydrogens (primary N) is 1. The lowest BCUT2D eigenvalue weighted by molar-refractivity contribution is -0.116. The van der Waals surface area contributed by atoms with Crippen LogP contribution in [0.25, 0.3) is 10.8 Å². The summed E-state index contributed by atoms with van der Waals surface area (Å²) in [7, 11) is -3.73. The SMILES string of the molecule is NC(=O)CNS(=O)(=O)c1cccc2ccccc12. The van der Waals surface area contributed by atoms with Gasteiger partial charge in [-0.15, -0.1) is 0 Å². The number of benzene rings is 2. The fourth-order valence-electron chi connectivity index (χ4n) is 1.67. The van der Waals surface area contributed by atoms with Crippen molar-refractivity contribution < 1.29 is 13.2 Å². The van der Waals surface area contributed by atoms with Gasteiger partial charge in [0.15, 0.2) is 0 Å². The summed E-state index contributed by atoms with van der Waals surface area (Å²) in [5.41, 5.74) is 4.92. The van der Waals surface area contributed by atoms with Crippen molar-refractivity contribution in [2.24, 2.45) is 5.73 Å². The highest BCUT2D eigenvalue weighted by molar-refractivity contribution is 7.89. The van der Waals surface area contributed by atoms with Gasteiger partial charge in [-0.25, -0.2) is 13.1 Å². The summed E-state index contributed by atoms with van der Waals surface area (Å²) < 4.78 is 26.2. The van der Waals surface area contributed by atoms with Crippen molar-refractivity contribution in [3.05, 3.63) is 42.5 Å². The number of rotatable bonds is 4. The summed E-state index contributed by atoms with van der Waals surface area (Å²) in [5.74, 6) is -0.723. The molecule has 2 aromatic carbocycles. The first-order chi connectivity index (χ1) is 8.50. The third kappa shape index (κ3) is 2.49. The average molecular weight is 264 g/mol. The lowest BCUT2D eigenvalue weighted by atomic mass is 10.1. The van der Waals surface area contributed by atoms with Crippen LogP contribution in [0.3, 0.4) is 0 Å². The summed E-state index contributed by atoms with van der Waals surface area (Å²) >= 11 is 0. The van der Waals surface area contributed by atoms with Crippen molar-refractivity contribution in [2.75, 3.05) is 6.54 Å². The zero-order valence-electron chi connectivity index (χ0n) is 9.46. The zero-order valence-corrected chi connectivity index (χ0v) is 10.3. The molecule has 6 heteroatoms. The van der Waals surface area contributed by atoms with Gasteiger partial charge in [0.1, 0.15) is 0 Å². The number of primary amides is 1. The van der Waals surface area contributed by atoms with Crippen LogP contribution in [0.4, 0.5) is 0 Å². The molecular formula is C12H12N2O3S. The van der Waals surface area contributed by atoms with Gasteiger partial charge in [0.05, 0.1) is 11.4 Å². The Morgan fingerprint density at radius 2 is 1.78 bits per heavy atom. The van der Waals surface area contributed by atoms with Crippen LogP contribution in [-0.4, -0.2) is 20.9 Å². The Hall–Kier alpha value is -1.92. The Balaban J connectivity index is 2.50. The molecular weight excluding hydrogens is 252 g/mol. The molecule has 0 radical (unpaired) electrons. The Morgan fingerprint density at radius 3 is 2.50 bits per heavy atom. The van der Waals surface area contributed by atoms with Gasteiger partial charge in [-0.05, 0) is 11.5 Å². The lowest BCUT2D eigenvalue weighted by Gasteiger charge is -2.08. The first-order valence-corrected chi connectivity index (χ1v) is 6.75. The van der Waals surface area contributed by atoms with Gasteiger partial charge in [-0.2, -0.15) is 0 Å². The van der Waals surface area contributed by atoms with Crippen LogP contribution < -0.4 is 10.5 Å². The molecule has 94 valence electrons. The molecule has 0 aromatic heterocycles. The highest BCUT2D eigenvalue weighted by atomic mass is 32.2. The molecule has 0 saturated carbocycles. The Kier molecular flexibility index (Phi) is 3.31. The van der Waals surface area contributed by atoms with E-state index in [0.717, 1.165) is 5.39 Å². The third-order valence-corrected chi connectivity index (χ3v) is 3.93. The summed E-state index contributed by atoms with van der Waals surface area (Å²) in [6.07, 6.45) is 0. The van der Waals surface area contributed by atoms with Crippen LogP contribution in [0, 0.1) is 0 Å². The number of fused-ring (bicyclic) bond motifs is 1. The van der Waals surface area contributed by atoms with Crippen molar-refractivity contribution in [2.45, 2.75) is 4.90 Å². The summed E-state index contributed by atoms with van der Waals surface area (Å²) in [6, 6.07) is 12.1. The second-order valence-electron chi connectivity index (χ2n) is 3.77. The average Bonchev–Trinajstić information content (AvgIpc) is 2.36. The quantitative estimate of drug-likeness (QED) is 0.847. The van der Waals surface area contributed by atoms with Crippen LogP contribution in [0.2, 0.25) is 0 Å². The number of nitrogens with one attached hydrogen (secondary N) is 1. The lowest BCUT2D eigenvalue weighted by Crippen LogP contribution is -2.33. The fourth-order valence-corrected chi connectivity index (χ4v) is 2.89. The molecule has 18 heavy (non-hydrogen) atoms. The molecule has 0 aliphatic carbocycles. The van der Waals surface area contributed by atoms with Gasteiger partial charge < -0.3 is 5.73 Å². The number of carbonyl (C=O) groups excluding carboxylic acids is 1. The Labute approximate surface area is 105 Å². The van der Waals surface area contributed by atoms with E-state index in [1.807, 2.05) is 18.2 Å². The maximum Gasteiger partial charge on any atom is 0.241 e. The van der Waals surface area contributed by atoms with Gasteiger partial charge in [0.25, 0.3) is 0 Å². The van der Waals surface area contributed by atoms with Crippen LogP contribution >= 0.6 is 0 Å². The molecule has 0 spiro atoms. The van der Waals surface area contributed by atoms with Crippen molar-refractivity contribution in [3.8, 4) is 0 Å². The topological polar surface area (TPSA) is 89.3 Å². The van der Waals surface area contributed by atoms with Crippen LogP contribution in [-0.2, 0) is 14.8 Å². The van der Waals surface area contributed by atoms with Crippen LogP contribution in [0.1, 0.15) is 0 Å². The molecule has 0 saturated heterocycles. The van der Waals surface area contributed by atoms with E-state index in [9.17, 15) is 13.2 Å². The van der Waals surface area contributed by atoms with Crippen molar-refractivity contribution in [3.63, 3.8) is 0 Å². The number of hydrogen-bond donors (Lipinski definition) is 2. The van der Waals surface area contributed by atoms with Gasteiger partial charge in [0, 0.05) is 5.39 Å². The number of carbonyl (C=O) groups is 1. The standard InChI is InChI=1S/C12H12N2O3S/c13-12(15)8-14-18(16,17)11-7-3-5-9-4-1-2-6-10(9)11/h1-7,14H,8H2,(H2,13,15). The van der Waals surface area contributed by atoms with E-state index in [4.69, 9.17) is 5.73 Å². The van der Waals surface area contributed by atoms with Crippen molar-refractivity contribution in [1.82, 2.24) is 4.72 Å². The fraction of sp³-hybridized carbons (Fsp3) is 0.0833. The van der Waals surface area contributed by atoms with E-state index in [-0.39, 0.29) is 4.90 Å². The molecule has 1 amide bonds. The molecule has 0 aliphatic heterocycles. The van der Waals surface area contributed by atoms with Gasteiger partial charge in [-0.1, -0.05) is 36.4 Å². The molecule has 0 bridgehead atoms. The smallest absolute Gasteiger partial charge is 0.241 e. The number of amides is 1. The molecule has 3 N–H and O–H groups in total. The number of hydrogen-bond acceptors (Lipinski definition) is 3. The molecule has 2 aromatic rings. The Bertz CT molecular complexity index is 690. The van der Waals surface area contributed by atoms with E-state index < -0.39 is 22.5 Å². The monoisotopic (exact) mass is 264 g/mol. The second-order valence-corrected chi connectivity index (χ2v) is 5.50. The second kappa shape index (κ2) is 4.75. The molecule has 0 fully saturated rings. The number of sulfonamides is 1. The minimum atomic E-state index is -3.73. The predicted octanol–water partition coefficient (Wildman–Crippen LogP) is 0.603. The van der Waals surface area contributed by atoms with E-state index in [0.29, 0.717) is 5.39 Å². The molecule has 0 atom stereocenters. The largest absolute Gasteiger partial charge is 0.369 e. The van der Waals surface area contributed by atoms with Gasteiger partial charge in [-0.3, -0.25) is 4.79 Å². The molecule has 0 aliphatic rings. The maximum absolute atomic E-state index is 12.0. The van der Waals surface area contributed by atoms with Crippen molar-refractivity contribution in [1.29, 1.82) is 0 Å². The van der Waals surface area contributed by atoms with Gasteiger partial charge >= 0.3 is 0 Å². The summed E-state index contributed by atoms with van der Waals surface area (Å²) in [6.45, 7) is -0.411. The van der Waals surface area contributed by atoms with E-state index in [1.54, 1.807) is 18.2 Å². The molecule has 2 rings (SSSR count). The highest BCUT2D eigenvalue weighted by Gasteiger charge is 2.17. The Morgan fingerprint density at radius 1 is 1.11 bits per heavy atom. The minimum Gasteiger partial charge on any atom is -0.369 e. The first kappa shape index (κ1) is 12.5. The third-order valence-electron chi connectivity index (χ3n) is 2.48. The van der Waals surface area contributed by atoms with Crippen LogP contribution in [0.15, 0.2) is 47.4 Å². The minimum absolute atomic E-state index is 0.141. The first-order valence-electron chi connectivity index (χ1n) is 5.26. The van der Waals surface area contributed by atoms with Crippen molar-refractivity contribution >= 4 is 26.7 Å². The van der Waals surface area contributed by atoms with Gasteiger partial charge in [0.2, 0.25) is 15.9 Å². The zero-order chi connectivity index (χ0) is 13.2. The van der Waals surface area contributed by atoms with E-state index >= 15 is 0 Å². The van der Waals surface area contributed by atoms with E-state index in [1.165, 1.54) is 6.07 Å². The molecule has 0 heterocycles. The predicted molar refractivity (Wildman–Crippen MR) is 68.3 cm³/mol. The molecule has 0 unspecified atom stereocenters. The highest BCUT2D eigenvalue weighted by Crippen LogP contribution is 2.22.